The van der Waals surface area contributed by atoms with E-state index in [9.17, 15) is 0 Å². The van der Waals surface area contributed by atoms with E-state index in [0.29, 0.717) is 24.2 Å². The number of ether oxygens (including phenoxy) is 1. The van der Waals surface area contributed by atoms with Crippen molar-refractivity contribution in [3.8, 4) is 11.3 Å². The molecule has 0 N–H and O–H groups in total. The summed E-state index contributed by atoms with van der Waals surface area (Å²) >= 11 is 8.34. The molecular weight excluding hydrogens is 375 g/mol. The lowest BCUT2D eigenvalue weighted by Crippen LogP contribution is -2.03. The number of rotatable bonds is 5. The van der Waals surface area contributed by atoms with E-state index in [2.05, 4.69) is 39.5 Å². The van der Waals surface area contributed by atoms with Crippen LogP contribution in [0.2, 0.25) is 5.15 Å². The van der Waals surface area contributed by atoms with Gasteiger partial charge in [0.2, 0.25) is 0 Å². The van der Waals surface area contributed by atoms with Crippen LogP contribution in [0.4, 0.5) is 0 Å². The highest BCUT2D eigenvalue weighted by atomic mass is 127. The number of halogens is 2. The third-order valence-corrected chi connectivity index (χ3v) is 4.10. The van der Waals surface area contributed by atoms with Crippen LogP contribution in [0, 0.1) is 3.57 Å². The fourth-order valence-electron chi connectivity index (χ4n) is 1.62. The number of hydrogen-bond acceptors (Lipinski definition) is 3. The van der Waals surface area contributed by atoms with Crippen molar-refractivity contribution in [1.29, 1.82) is 0 Å². The second-order valence-electron chi connectivity index (χ2n) is 4.01. The fraction of sp³-hybridized carbons (Fsp3) is 0.286. The lowest BCUT2D eigenvalue weighted by molar-refractivity contribution is 0.116. The van der Waals surface area contributed by atoms with Crippen molar-refractivity contribution in [2.45, 2.75) is 20.0 Å². The van der Waals surface area contributed by atoms with Gasteiger partial charge >= 0.3 is 0 Å². The van der Waals surface area contributed by atoms with Gasteiger partial charge in [-0.1, -0.05) is 48.9 Å². The van der Waals surface area contributed by atoms with Crippen LogP contribution in [0.1, 0.15) is 19.2 Å². The Morgan fingerprint density at radius 1 is 1.21 bits per heavy atom. The van der Waals surface area contributed by atoms with Gasteiger partial charge in [0.25, 0.3) is 0 Å². The van der Waals surface area contributed by atoms with Gasteiger partial charge in [0.05, 0.1) is 9.26 Å². The zero-order valence-electron chi connectivity index (χ0n) is 10.6. The van der Waals surface area contributed by atoms with Crippen LogP contribution in [0.5, 0.6) is 0 Å². The van der Waals surface area contributed by atoms with Crippen molar-refractivity contribution in [3.05, 3.63) is 44.9 Å². The third kappa shape index (κ3) is 3.87. The summed E-state index contributed by atoms with van der Waals surface area (Å²) in [6, 6.07) is 9.96. The molecule has 0 unspecified atom stereocenters. The second kappa shape index (κ2) is 7.17. The van der Waals surface area contributed by atoms with Gasteiger partial charge in [0.1, 0.15) is 11.8 Å². The van der Waals surface area contributed by atoms with Crippen LogP contribution in [-0.2, 0) is 11.3 Å². The van der Waals surface area contributed by atoms with Crippen LogP contribution < -0.4 is 0 Å². The smallest absolute Gasteiger partial charge is 0.156 e. The molecule has 1 aromatic carbocycles. The molecule has 3 nitrogen and oxygen atoms in total. The third-order valence-electron chi connectivity index (χ3n) is 2.48. The lowest BCUT2D eigenvalue weighted by atomic mass is 10.1. The van der Waals surface area contributed by atoms with E-state index in [1.807, 2.05) is 30.3 Å². The average molecular weight is 389 g/mol. The van der Waals surface area contributed by atoms with E-state index in [1.165, 1.54) is 0 Å². The summed E-state index contributed by atoms with van der Waals surface area (Å²) in [6.45, 7) is 3.16. The number of benzene rings is 1. The minimum atomic E-state index is 0.393. The molecule has 19 heavy (non-hydrogen) atoms. The van der Waals surface area contributed by atoms with Crippen molar-refractivity contribution in [2.24, 2.45) is 0 Å². The van der Waals surface area contributed by atoms with Gasteiger partial charge in [0.15, 0.2) is 5.82 Å². The van der Waals surface area contributed by atoms with Crippen LogP contribution in [-0.4, -0.2) is 16.6 Å². The first-order valence-corrected chi connectivity index (χ1v) is 7.53. The predicted molar refractivity (Wildman–Crippen MR) is 85.1 cm³/mol. The van der Waals surface area contributed by atoms with Crippen molar-refractivity contribution < 1.29 is 4.74 Å². The number of hydrogen-bond donors (Lipinski definition) is 0. The molecule has 0 aliphatic heterocycles. The summed E-state index contributed by atoms with van der Waals surface area (Å²) in [4.78, 5) is 8.80. The molecule has 0 radical (unpaired) electrons. The first-order valence-electron chi connectivity index (χ1n) is 6.07. The van der Waals surface area contributed by atoms with E-state index in [4.69, 9.17) is 16.3 Å². The van der Waals surface area contributed by atoms with Crippen LogP contribution in [0.25, 0.3) is 11.3 Å². The molecule has 0 aliphatic carbocycles. The van der Waals surface area contributed by atoms with Gasteiger partial charge in [0, 0.05) is 12.2 Å². The van der Waals surface area contributed by atoms with E-state index in [-0.39, 0.29) is 0 Å². The van der Waals surface area contributed by atoms with Crippen LogP contribution in [0.15, 0.2) is 30.3 Å². The molecule has 5 heteroatoms. The Hall–Kier alpha value is -0.720. The molecule has 1 heterocycles. The molecule has 0 amide bonds. The van der Waals surface area contributed by atoms with Gasteiger partial charge in [-0.3, -0.25) is 0 Å². The second-order valence-corrected chi connectivity index (χ2v) is 5.45. The van der Waals surface area contributed by atoms with E-state index in [1.54, 1.807) is 0 Å². The molecule has 0 spiro atoms. The van der Waals surface area contributed by atoms with Crippen molar-refractivity contribution in [2.75, 3.05) is 6.61 Å². The van der Waals surface area contributed by atoms with Gasteiger partial charge in [-0.2, -0.15) is 0 Å². The summed E-state index contributed by atoms with van der Waals surface area (Å²) in [5, 5.41) is 0.476. The summed E-state index contributed by atoms with van der Waals surface area (Å²) in [5.74, 6) is 0.623. The number of nitrogens with zero attached hydrogens (tertiary/aromatic N) is 2. The molecule has 100 valence electrons. The van der Waals surface area contributed by atoms with Crippen LogP contribution in [0.3, 0.4) is 0 Å². The highest BCUT2D eigenvalue weighted by Gasteiger charge is 2.12. The molecule has 0 aliphatic rings. The molecule has 1 aromatic heterocycles. The quantitative estimate of drug-likeness (QED) is 0.434. The fourth-order valence-corrected chi connectivity index (χ4v) is 2.36. The van der Waals surface area contributed by atoms with Gasteiger partial charge in [-0.25, -0.2) is 9.97 Å². The molecule has 0 atom stereocenters. The molecule has 2 rings (SSSR count). The maximum absolute atomic E-state index is 6.17. The monoisotopic (exact) mass is 388 g/mol. The highest BCUT2D eigenvalue weighted by Crippen LogP contribution is 2.27. The minimum absolute atomic E-state index is 0.393. The first kappa shape index (κ1) is 14.7. The van der Waals surface area contributed by atoms with Gasteiger partial charge in [-0.05, 0) is 29.0 Å². The summed E-state index contributed by atoms with van der Waals surface area (Å²) in [5.41, 5.74) is 1.89. The van der Waals surface area contributed by atoms with Crippen molar-refractivity contribution in [3.63, 3.8) is 0 Å². The molecular formula is C14H14ClIN2O. The molecule has 0 saturated carbocycles. The van der Waals surface area contributed by atoms with Crippen LogP contribution >= 0.6 is 34.2 Å². The Kier molecular flexibility index (Phi) is 5.54. The van der Waals surface area contributed by atoms with E-state index < -0.39 is 0 Å². The average Bonchev–Trinajstić information content (AvgIpc) is 2.44. The number of aromatic nitrogens is 2. The zero-order chi connectivity index (χ0) is 13.7. The standard InChI is InChI=1S/C14H14ClIN2O/c1-2-8-19-9-11-17-13(12(16)14(15)18-11)10-6-4-3-5-7-10/h3-7H,2,8-9H2,1H3. The topological polar surface area (TPSA) is 35.0 Å². The normalized spacial score (nSPS) is 10.7. The van der Waals surface area contributed by atoms with Gasteiger partial charge < -0.3 is 4.74 Å². The molecule has 0 bridgehead atoms. The Morgan fingerprint density at radius 3 is 2.63 bits per heavy atom. The van der Waals surface area contributed by atoms with E-state index >= 15 is 0 Å². The minimum Gasteiger partial charge on any atom is -0.373 e. The van der Waals surface area contributed by atoms with E-state index in [0.717, 1.165) is 21.2 Å². The SMILES string of the molecule is CCCOCc1nc(Cl)c(I)c(-c2ccccc2)n1. The summed E-state index contributed by atoms with van der Waals surface area (Å²) in [7, 11) is 0. The molecule has 0 fully saturated rings. The largest absolute Gasteiger partial charge is 0.373 e. The first-order chi connectivity index (χ1) is 9.22. The van der Waals surface area contributed by atoms with Gasteiger partial charge in [-0.15, -0.1) is 0 Å². The summed E-state index contributed by atoms with van der Waals surface area (Å²) in [6.07, 6.45) is 0.976. The highest BCUT2D eigenvalue weighted by molar-refractivity contribution is 14.1. The summed E-state index contributed by atoms with van der Waals surface area (Å²) < 4.78 is 6.33. The Bertz CT molecular complexity index is 549. The Labute approximate surface area is 131 Å². The zero-order valence-corrected chi connectivity index (χ0v) is 13.5. The Morgan fingerprint density at radius 2 is 1.95 bits per heavy atom. The Balaban J connectivity index is 2.32. The van der Waals surface area contributed by atoms with Crippen molar-refractivity contribution >= 4 is 34.2 Å². The van der Waals surface area contributed by atoms with Crippen molar-refractivity contribution in [1.82, 2.24) is 9.97 Å². The maximum atomic E-state index is 6.17. The molecule has 2 aromatic rings. The predicted octanol–water partition coefficient (Wildman–Crippen LogP) is 4.33. The lowest BCUT2D eigenvalue weighted by Gasteiger charge is -2.08. The molecule has 0 saturated heterocycles. The maximum Gasteiger partial charge on any atom is 0.156 e.